The Labute approximate surface area is 146 Å². The molecule has 0 unspecified atom stereocenters. The third-order valence-electron chi connectivity index (χ3n) is 5.01. The summed E-state index contributed by atoms with van der Waals surface area (Å²) in [4.78, 5) is 16.5. The van der Waals surface area contributed by atoms with Crippen molar-refractivity contribution in [1.82, 2.24) is 16.0 Å². The van der Waals surface area contributed by atoms with Gasteiger partial charge in [0, 0.05) is 26.7 Å². The molecule has 24 heavy (non-hydrogen) atoms. The summed E-state index contributed by atoms with van der Waals surface area (Å²) in [5.74, 6) is 0.739. The zero-order chi connectivity index (χ0) is 18.1. The lowest BCUT2D eigenvalue weighted by Gasteiger charge is -2.37. The molecular formula is C18H36N4O2. The fraction of sp³-hybridized carbons (Fsp3) is 0.889. The van der Waals surface area contributed by atoms with Gasteiger partial charge in [0.25, 0.3) is 0 Å². The summed E-state index contributed by atoms with van der Waals surface area (Å²) in [6.45, 7) is 8.08. The largest absolute Gasteiger partial charge is 0.396 e. The van der Waals surface area contributed by atoms with E-state index in [1.807, 2.05) is 20.8 Å². The lowest BCUT2D eigenvalue weighted by atomic mass is 9.72. The van der Waals surface area contributed by atoms with Crippen LogP contribution >= 0.6 is 0 Å². The highest BCUT2D eigenvalue weighted by Gasteiger charge is 2.32. The van der Waals surface area contributed by atoms with Crippen molar-refractivity contribution in [3.05, 3.63) is 0 Å². The highest BCUT2D eigenvalue weighted by atomic mass is 16.3. The maximum atomic E-state index is 11.9. The van der Waals surface area contributed by atoms with E-state index in [0.717, 1.165) is 38.3 Å². The number of rotatable bonds is 8. The molecule has 140 valence electrons. The number of aliphatic imine (C=N–C) groups is 1. The fourth-order valence-electron chi connectivity index (χ4n) is 3.35. The Bertz CT molecular complexity index is 410. The number of nitrogens with zero attached hydrogens (tertiary/aromatic N) is 1. The molecule has 0 saturated heterocycles. The number of hydrogen-bond acceptors (Lipinski definition) is 3. The standard InChI is InChI=1S/C18H36N4O2/c1-5-20-16(21-13-17(2,3)15(24)19-4)22-14-18(11-12-23)9-7-6-8-10-18/h23H,5-14H2,1-4H3,(H,19,24)(H2,20,21,22). The van der Waals surface area contributed by atoms with Gasteiger partial charge in [0.2, 0.25) is 5.91 Å². The monoisotopic (exact) mass is 340 g/mol. The van der Waals surface area contributed by atoms with Crippen molar-refractivity contribution >= 4 is 11.9 Å². The van der Waals surface area contributed by atoms with Crippen LogP contribution in [0.3, 0.4) is 0 Å². The van der Waals surface area contributed by atoms with Gasteiger partial charge >= 0.3 is 0 Å². The van der Waals surface area contributed by atoms with Gasteiger partial charge in [-0.3, -0.25) is 9.79 Å². The third-order valence-corrected chi connectivity index (χ3v) is 5.01. The summed E-state index contributed by atoms with van der Waals surface area (Å²) in [5, 5.41) is 18.8. The van der Waals surface area contributed by atoms with Crippen molar-refractivity contribution in [3.63, 3.8) is 0 Å². The first kappa shape index (κ1) is 20.7. The zero-order valence-corrected chi connectivity index (χ0v) is 15.9. The molecule has 0 radical (unpaired) electrons. The average Bonchev–Trinajstić information content (AvgIpc) is 2.57. The first-order valence-corrected chi connectivity index (χ1v) is 9.24. The Hall–Kier alpha value is -1.30. The number of carbonyl (C=O) groups is 1. The molecule has 0 aromatic rings. The summed E-state index contributed by atoms with van der Waals surface area (Å²) in [5.41, 5.74) is -0.371. The van der Waals surface area contributed by atoms with Crippen LogP contribution in [0.2, 0.25) is 0 Å². The minimum atomic E-state index is -0.537. The molecule has 0 bridgehead atoms. The van der Waals surface area contributed by atoms with Crippen LogP contribution in [0.15, 0.2) is 4.99 Å². The predicted octanol–water partition coefficient (Wildman–Crippen LogP) is 1.65. The van der Waals surface area contributed by atoms with Crippen LogP contribution in [0.5, 0.6) is 0 Å². The summed E-state index contributed by atoms with van der Waals surface area (Å²) in [7, 11) is 1.65. The Balaban J connectivity index is 2.70. The van der Waals surface area contributed by atoms with Crippen LogP contribution in [0.4, 0.5) is 0 Å². The van der Waals surface area contributed by atoms with Crippen LogP contribution < -0.4 is 16.0 Å². The molecule has 0 aromatic heterocycles. The molecule has 0 aliphatic heterocycles. The molecule has 1 amide bonds. The highest BCUT2D eigenvalue weighted by Crippen LogP contribution is 2.38. The smallest absolute Gasteiger partial charge is 0.227 e. The minimum Gasteiger partial charge on any atom is -0.396 e. The molecule has 6 heteroatoms. The summed E-state index contributed by atoms with van der Waals surface area (Å²) in [6.07, 6.45) is 6.91. The van der Waals surface area contributed by atoms with Gasteiger partial charge < -0.3 is 21.1 Å². The topological polar surface area (TPSA) is 85.8 Å². The maximum absolute atomic E-state index is 11.9. The van der Waals surface area contributed by atoms with Crippen molar-refractivity contribution in [1.29, 1.82) is 0 Å². The molecule has 1 fully saturated rings. The molecule has 1 aliphatic carbocycles. The van der Waals surface area contributed by atoms with Crippen LogP contribution in [0, 0.1) is 10.8 Å². The number of guanidine groups is 1. The van der Waals surface area contributed by atoms with Crippen LogP contribution in [0.1, 0.15) is 59.3 Å². The average molecular weight is 341 g/mol. The second kappa shape index (κ2) is 9.87. The van der Waals surface area contributed by atoms with E-state index < -0.39 is 5.41 Å². The van der Waals surface area contributed by atoms with Gasteiger partial charge in [-0.1, -0.05) is 19.3 Å². The van der Waals surface area contributed by atoms with Gasteiger partial charge in [-0.25, -0.2) is 0 Å². The van der Waals surface area contributed by atoms with Crippen molar-refractivity contribution < 1.29 is 9.90 Å². The fourth-order valence-corrected chi connectivity index (χ4v) is 3.35. The zero-order valence-electron chi connectivity index (χ0n) is 15.9. The summed E-state index contributed by atoms with van der Waals surface area (Å²) >= 11 is 0. The SMILES string of the molecule is CCNC(=NCC(C)(C)C(=O)NC)NCC1(CCO)CCCCC1. The molecule has 0 spiro atoms. The van der Waals surface area contributed by atoms with E-state index in [-0.39, 0.29) is 17.9 Å². The molecule has 0 heterocycles. The lowest BCUT2D eigenvalue weighted by molar-refractivity contribution is -0.128. The quantitative estimate of drug-likeness (QED) is 0.400. The van der Waals surface area contributed by atoms with Gasteiger partial charge in [0.05, 0.1) is 12.0 Å². The molecule has 1 aliphatic rings. The minimum absolute atomic E-state index is 0.00821. The van der Waals surface area contributed by atoms with Crippen molar-refractivity contribution in [2.75, 3.05) is 33.3 Å². The molecule has 1 saturated carbocycles. The maximum Gasteiger partial charge on any atom is 0.227 e. The Morgan fingerprint density at radius 2 is 1.88 bits per heavy atom. The van der Waals surface area contributed by atoms with E-state index in [1.54, 1.807) is 7.05 Å². The summed E-state index contributed by atoms with van der Waals surface area (Å²) in [6, 6.07) is 0. The molecule has 0 atom stereocenters. The molecule has 4 N–H and O–H groups in total. The number of aliphatic hydroxyl groups is 1. The first-order valence-electron chi connectivity index (χ1n) is 9.24. The third kappa shape index (κ3) is 6.30. The van der Waals surface area contributed by atoms with E-state index in [2.05, 4.69) is 20.9 Å². The first-order chi connectivity index (χ1) is 11.4. The van der Waals surface area contributed by atoms with Gasteiger partial charge in [-0.05, 0) is 45.4 Å². The second-order valence-corrected chi connectivity index (χ2v) is 7.55. The number of amides is 1. The van der Waals surface area contributed by atoms with Crippen molar-refractivity contribution in [3.8, 4) is 0 Å². The number of carbonyl (C=O) groups excluding carboxylic acids is 1. The number of hydrogen-bond donors (Lipinski definition) is 4. The van der Waals surface area contributed by atoms with E-state index in [4.69, 9.17) is 0 Å². The molecule has 6 nitrogen and oxygen atoms in total. The van der Waals surface area contributed by atoms with Gasteiger partial charge in [0.1, 0.15) is 0 Å². The van der Waals surface area contributed by atoms with Gasteiger partial charge in [-0.15, -0.1) is 0 Å². The van der Waals surface area contributed by atoms with E-state index in [0.29, 0.717) is 6.54 Å². The Morgan fingerprint density at radius 1 is 1.21 bits per heavy atom. The van der Waals surface area contributed by atoms with Gasteiger partial charge in [0.15, 0.2) is 5.96 Å². The molecule has 1 rings (SSSR count). The molecule has 0 aromatic carbocycles. The summed E-state index contributed by atoms with van der Waals surface area (Å²) < 4.78 is 0. The number of aliphatic hydroxyl groups excluding tert-OH is 1. The normalized spacial score (nSPS) is 18.1. The van der Waals surface area contributed by atoms with Crippen LogP contribution in [-0.4, -0.2) is 50.3 Å². The lowest BCUT2D eigenvalue weighted by Crippen LogP contribution is -2.45. The van der Waals surface area contributed by atoms with Gasteiger partial charge in [-0.2, -0.15) is 0 Å². The highest BCUT2D eigenvalue weighted by molar-refractivity contribution is 5.83. The Morgan fingerprint density at radius 3 is 2.42 bits per heavy atom. The van der Waals surface area contributed by atoms with Crippen molar-refractivity contribution in [2.45, 2.75) is 59.3 Å². The molecular weight excluding hydrogens is 304 g/mol. The Kier molecular flexibility index (Phi) is 8.53. The van der Waals surface area contributed by atoms with Crippen LogP contribution in [0.25, 0.3) is 0 Å². The van der Waals surface area contributed by atoms with Crippen LogP contribution in [-0.2, 0) is 4.79 Å². The van der Waals surface area contributed by atoms with Crippen molar-refractivity contribution in [2.24, 2.45) is 15.8 Å². The van der Waals surface area contributed by atoms with E-state index in [9.17, 15) is 9.90 Å². The van der Waals surface area contributed by atoms with E-state index in [1.165, 1.54) is 19.3 Å². The predicted molar refractivity (Wildman–Crippen MR) is 99.0 cm³/mol. The van der Waals surface area contributed by atoms with E-state index >= 15 is 0 Å². The number of nitrogens with one attached hydrogen (secondary N) is 3. The second-order valence-electron chi connectivity index (χ2n) is 7.55.